The van der Waals surface area contributed by atoms with Crippen molar-refractivity contribution in [3.8, 4) is 0 Å². The van der Waals surface area contributed by atoms with Crippen molar-refractivity contribution in [2.45, 2.75) is 19.0 Å². The smallest absolute Gasteiger partial charge is 0.121 e. The van der Waals surface area contributed by atoms with Crippen molar-refractivity contribution in [2.24, 2.45) is 0 Å². The second-order valence-electron chi connectivity index (χ2n) is 4.27. The van der Waals surface area contributed by atoms with E-state index >= 15 is 0 Å². The average molecular weight is 216 g/mol. The fourth-order valence-electron chi connectivity index (χ4n) is 2.16. The number of para-hydroxylation sites is 2. The third-order valence-electron chi connectivity index (χ3n) is 3.06. The van der Waals surface area contributed by atoms with Crippen molar-refractivity contribution in [3.63, 3.8) is 0 Å². The van der Waals surface area contributed by atoms with Gasteiger partial charge in [-0.2, -0.15) is 0 Å². The molecule has 16 heavy (non-hydrogen) atoms. The van der Waals surface area contributed by atoms with Gasteiger partial charge >= 0.3 is 0 Å². The summed E-state index contributed by atoms with van der Waals surface area (Å²) in [6.45, 7) is 3.01. The number of nitrogens with zero attached hydrogens (tertiary/aromatic N) is 1. The Labute approximate surface area is 94.5 Å². The van der Waals surface area contributed by atoms with Gasteiger partial charge in [0.1, 0.15) is 5.82 Å². The topological polar surface area (TPSA) is 52.7 Å². The van der Waals surface area contributed by atoms with Crippen molar-refractivity contribution in [3.05, 3.63) is 30.1 Å². The van der Waals surface area contributed by atoms with E-state index in [2.05, 4.69) is 26.7 Å². The number of fused-ring (bicyclic) bond motifs is 1. The number of hydrogen-bond donors (Lipinski definition) is 3. The summed E-state index contributed by atoms with van der Waals surface area (Å²) in [5.74, 6) is 1.02. The van der Waals surface area contributed by atoms with Gasteiger partial charge in [-0.25, -0.2) is 4.98 Å². The van der Waals surface area contributed by atoms with Gasteiger partial charge in [-0.1, -0.05) is 12.1 Å². The van der Waals surface area contributed by atoms with Crippen LogP contribution < -0.4 is 10.6 Å². The largest absolute Gasteiger partial charge is 0.341 e. The number of rotatable bonds is 3. The lowest BCUT2D eigenvalue weighted by Crippen LogP contribution is -2.30. The monoisotopic (exact) mass is 216 g/mol. The molecule has 84 valence electrons. The summed E-state index contributed by atoms with van der Waals surface area (Å²) < 4.78 is 0. The first-order valence-electron chi connectivity index (χ1n) is 5.79. The lowest BCUT2D eigenvalue weighted by molar-refractivity contribution is 0.538. The standard InChI is InChI=1S/C12H16N4/c1-2-4-11-10(3-1)15-12(16-11)8-14-9-5-6-13-7-9/h1-4,9,13-14H,5-8H2,(H,15,16). The van der Waals surface area contributed by atoms with Gasteiger partial charge in [0.2, 0.25) is 0 Å². The van der Waals surface area contributed by atoms with Gasteiger partial charge in [0.25, 0.3) is 0 Å². The highest BCUT2D eigenvalue weighted by Crippen LogP contribution is 2.10. The number of benzene rings is 1. The third kappa shape index (κ3) is 1.94. The highest BCUT2D eigenvalue weighted by atomic mass is 15.1. The minimum absolute atomic E-state index is 0.591. The van der Waals surface area contributed by atoms with Gasteiger partial charge in [-0.3, -0.25) is 0 Å². The molecule has 0 aliphatic carbocycles. The summed E-state index contributed by atoms with van der Waals surface area (Å²) in [4.78, 5) is 7.86. The van der Waals surface area contributed by atoms with E-state index in [4.69, 9.17) is 0 Å². The maximum atomic E-state index is 4.54. The lowest BCUT2D eigenvalue weighted by atomic mass is 10.2. The van der Waals surface area contributed by atoms with Gasteiger partial charge in [0.15, 0.2) is 0 Å². The van der Waals surface area contributed by atoms with E-state index < -0.39 is 0 Å². The Bertz CT molecular complexity index is 438. The lowest BCUT2D eigenvalue weighted by Gasteiger charge is -2.08. The quantitative estimate of drug-likeness (QED) is 0.718. The number of aromatic nitrogens is 2. The van der Waals surface area contributed by atoms with Crippen LogP contribution in [-0.2, 0) is 6.54 Å². The molecule has 1 atom stereocenters. The van der Waals surface area contributed by atoms with Crippen molar-refractivity contribution in [1.29, 1.82) is 0 Å². The minimum atomic E-state index is 0.591. The Morgan fingerprint density at radius 1 is 1.38 bits per heavy atom. The molecule has 3 N–H and O–H groups in total. The fourth-order valence-corrected chi connectivity index (χ4v) is 2.16. The first-order valence-corrected chi connectivity index (χ1v) is 5.79. The molecule has 0 radical (unpaired) electrons. The molecule has 0 saturated carbocycles. The summed E-state index contributed by atoms with van der Waals surface area (Å²) in [5, 5.41) is 6.84. The molecule has 0 bridgehead atoms. The number of imidazole rings is 1. The van der Waals surface area contributed by atoms with Crippen molar-refractivity contribution < 1.29 is 0 Å². The number of H-pyrrole nitrogens is 1. The molecule has 1 unspecified atom stereocenters. The summed E-state index contributed by atoms with van der Waals surface area (Å²) in [5.41, 5.74) is 2.16. The van der Waals surface area contributed by atoms with Gasteiger partial charge in [-0.05, 0) is 25.1 Å². The zero-order chi connectivity index (χ0) is 10.8. The molecule has 4 heteroatoms. The van der Waals surface area contributed by atoms with Crippen LogP contribution in [0.1, 0.15) is 12.2 Å². The fraction of sp³-hybridized carbons (Fsp3) is 0.417. The molecular weight excluding hydrogens is 200 g/mol. The first-order chi connectivity index (χ1) is 7.92. The predicted octanol–water partition coefficient (Wildman–Crippen LogP) is 1.01. The molecule has 1 saturated heterocycles. The Morgan fingerprint density at radius 3 is 3.12 bits per heavy atom. The summed E-state index contributed by atoms with van der Waals surface area (Å²) in [6.07, 6.45) is 1.21. The van der Waals surface area contributed by atoms with Crippen LogP contribution in [-0.4, -0.2) is 29.1 Å². The highest BCUT2D eigenvalue weighted by molar-refractivity contribution is 5.74. The van der Waals surface area contributed by atoms with E-state index in [-0.39, 0.29) is 0 Å². The van der Waals surface area contributed by atoms with E-state index in [0.29, 0.717) is 6.04 Å². The van der Waals surface area contributed by atoms with Crippen LogP contribution in [0.5, 0.6) is 0 Å². The van der Waals surface area contributed by atoms with Crippen molar-refractivity contribution >= 4 is 11.0 Å². The summed E-state index contributed by atoms with van der Waals surface area (Å²) in [7, 11) is 0. The maximum Gasteiger partial charge on any atom is 0.121 e. The molecule has 3 rings (SSSR count). The number of nitrogens with one attached hydrogen (secondary N) is 3. The molecule has 2 aromatic rings. The van der Waals surface area contributed by atoms with Crippen LogP contribution in [0.25, 0.3) is 11.0 Å². The molecule has 4 nitrogen and oxygen atoms in total. The normalized spacial score (nSPS) is 20.6. The second kappa shape index (κ2) is 4.23. The van der Waals surface area contributed by atoms with Crippen LogP contribution >= 0.6 is 0 Å². The van der Waals surface area contributed by atoms with E-state index in [1.165, 1.54) is 6.42 Å². The molecule has 1 aromatic carbocycles. The van der Waals surface area contributed by atoms with Crippen LogP contribution in [0.4, 0.5) is 0 Å². The van der Waals surface area contributed by atoms with Crippen LogP contribution in [0.3, 0.4) is 0 Å². The third-order valence-corrected chi connectivity index (χ3v) is 3.06. The number of aromatic amines is 1. The maximum absolute atomic E-state index is 4.54. The second-order valence-corrected chi connectivity index (χ2v) is 4.27. The molecule has 1 fully saturated rings. The average Bonchev–Trinajstić information content (AvgIpc) is 2.95. The van der Waals surface area contributed by atoms with E-state index in [1.54, 1.807) is 0 Å². The molecular formula is C12H16N4. The van der Waals surface area contributed by atoms with E-state index in [1.807, 2.05) is 18.2 Å². The molecule has 1 aliphatic rings. The predicted molar refractivity (Wildman–Crippen MR) is 64.2 cm³/mol. The van der Waals surface area contributed by atoms with Crippen molar-refractivity contribution in [1.82, 2.24) is 20.6 Å². The Kier molecular flexibility index (Phi) is 2.60. The van der Waals surface area contributed by atoms with Crippen molar-refractivity contribution in [2.75, 3.05) is 13.1 Å². The minimum Gasteiger partial charge on any atom is -0.341 e. The van der Waals surface area contributed by atoms with Gasteiger partial charge in [-0.15, -0.1) is 0 Å². The van der Waals surface area contributed by atoms with E-state index in [9.17, 15) is 0 Å². The van der Waals surface area contributed by atoms with Gasteiger partial charge in [0, 0.05) is 12.6 Å². The van der Waals surface area contributed by atoms with Gasteiger partial charge < -0.3 is 15.6 Å². The molecule has 1 aliphatic heterocycles. The Morgan fingerprint density at radius 2 is 2.31 bits per heavy atom. The summed E-state index contributed by atoms with van der Waals surface area (Å²) in [6, 6.07) is 8.73. The zero-order valence-corrected chi connectivity index (χ0v) is 9.16. The van der Waals surface area contributed by atoms with Crippen LogP contribution in [0, 0.1) is 0 Å². The zero-order valence-electron chi connectivity index (χ0n) is 9.16. The Balaban J connectivity index is 1.69. The van der Waals surface area contributed by atoms with Crippen LogP contribution in [0.2, 0.25) is 0 Å². The van der Waals surface area contributed by atoms with E-state index in [0.717, 1.165) is 36.5 Å². The summed E-state index contributed by atoms with van der Waals surface area (Å²) >= 11 is 0. The molecule has 1 aromatic heterocycles. The molecule has 0 amide bonds. The van der Waals surface area contributed by atoms with Crippen LogP contribution in [0.15, 0.2) is 24.3 Å². The molecule has 2 heterocycles. The molecule has 0 spiro atoms. The van der Waals surface area contributed by atoms with Gasteiger partial charge in [0.05, 0.1) is 17.6 Å². The first kappa shape index (κ1) is 9.81. The highest BCUT2D eigenvalue weighted by Gasteiger charge is 2.13. The number of hydrogen-bond acceptors (Lipinski definition) is 3. The Hall–Kier alpha value is -1.39. The SMILES string of the molecule is c1ccc2[nH]c(CNC3CCNC3)nc2c1.